The van der Waals surface area contributed by atoms with Crippen LogP contribution in [0.15, 0.2) is 71.0 Å². The van der Waals surface area contributed by atoms with Gasteiger partial charge in [0.2, 0.25) is 11.1 Å². The molecule has 2 heterocycles. The first-order chi connectivity index (χ1) is 17.6. The van der Waals surface area contributed by atoms with E-state index in [0.29, 0.717) is 29.9 Å². The predicted octanol–water partition coefficient (Wildman–Crippen LogP) is 6.38. The molecule has 7 nitrogen and oxygen atoms in total. The average Bonchev–Trinajstić information content (AvgIpc) is 3.29. The highest BCUT2D eigenvalue weighted by Crippen LogP contribution is 2.37. The molecule has 0 amide bonds. The van der Waals surface area contributed by atoms with E-state index in [0.717, 1.165) is 54.0 Å². The summed E-state index contributed by atoms with van der Waals surface area (Å²) in [5.74, 6) is 1.96. The third kappa shape index (κ3) is 6.29. The molecule has 1 atom stereocenters. The standard InChI is InChI=1S/C28H34N4O3S/c1-4-6-16-34-26(33)24-20(3)29-27-30-28(36-17-7-5-2)31-32(27)25(24)22-14-11-15-23(18-22)35-19-21-12-9-8-10-13-21/h8-15,18,25H,4-7,16-17,19H2,1-3H3,(H,29,30,31). The van der Waals surface area contributed by atoms with Crippen molar-refractivity contribution in [3.05, 3.63) is 77.0 Å². The molecule has 0 spiro atoms. The summed E-state index contributed by atoms with van der Waals surface area (Å²) in [6.45, 7) is 6.98. The Morgan fingerprint density at radius 3 is 2.67 bits per heavy atom. The van der Waals surface area contributed by atoms with Crippen molar-refractivity contribution in [1.29, 1.82) is 0 Å². The Morgan fingerprint density at radius 2 is 1.89 bits per heavy atom. The van der Waals surface area contributed by atoms with Crippen LogP contribution in [0.1, 0.15) is 63.6 Å². The lowest BCUT2D eigenvalue weighted by atomic mass is 9.95. The minimum absolute atomic E-state index is 0.338. The molecule has 0 saturated heterocycles. The number of ether oxygens (including phenoxy) is 2. The van der Waals surface area contributed by atoms with Gasteiger partial charge in [0.25, 0.3) is 0 Å². The number of anilines is 1. The van der Waals surface area contributed by atoms with Crippen molar-refractivity contribution in [1.82, 2.24) is 14.8 Å². The number of nitrogens with one attached hydrogen (secondary N) is 1. The molecule has 1 unspecified atom stereocenters. The van der Waals surface area contributed by atoms with Crippen LogP contribution in [0.5, 0.6) is 5.75 Å². The fraction of sp³-hybridized carbons (Fsp3) is 0.393. The third-order valence-corrected chi connectivity index (χ3v) is 6.86. The average molecular weight is 507 g/mol. The number of unbranched alkanes of at least 4 members (excludes halogenated alkanes) is 2. The van der Waals surface area contributed by atoms with Crippen molar-refractivity contribution in [2.75, 3.05) is 17.7 Å². The zero-order valence-corrected chi connectivity index (χ0v) is 22.0. The van der Waals surface area contributed by atoms with Gasteiger partial charge in [0.1, 0.15) is 18.4 Å². The van der Waals surface area contributed by atoms with E-state index >= 15 is 0 Å². The van der Waals surface area contributed by atoms with Crippen LogP contribution in [0.4, 0.5) is 5.95 Å². The van der Waals surface area contributed by atoms with Crippen molar-refractivity contribution in [2.24, 2.45) is 0 Å². The smallest absolute Gasteiger partial charge is 0.338 e. The molecule has 0 aliphatic carbocycles. The first-order valence-corrected chi connectivity index (χ1v) is 13.6. The topological polar surface area (TPSA) is 78.3 Å². The zero-order chi connectivity index (χ0) is 25.3. The molecule has 8 heteroatoms. The number of carbonyl (C=O) groups excluding carboxylic acids is 1. The maximum Gasteiger partial charge on any atom is 0.338 e. The van der Waals surface area contributed by atoms with E-state index in [2.05, 4.69) is 19.2 Å². The van der Waals surface area contributed by atoms with E-state index in [4.69, 9.17) is 19.6 Å². The highest BCUT2D eigenvalue weighted by Gasteiger charge is 2.35. The number of rotatable bonds is 12. The van der Waals surface area contributed by atoms with Crippen molar-refractivity contribution >= 4 is 23.7 Å². The number of esters is 1. The van der Waals surface area contributed by atoms with Crippen LogP contribution in [0.2, 0.25) is 0 Å². The van der Waals surface area contributed by atoms with Crippen LogP contribution in [-0.4, -0.2) is 33.1 Å². The number of benzene rings is 2. The molecule has 4 rings (SSSR count). The number of allylic oxidation sites excluding steroid dienone is 1. The van der Waals surface area contributed by atoms with Crippen LogP contribution < -0.4 is 10.1 Å². The second-order valence-corrected chi connectivity index (χ2v) is 9.83. The Morgan fingerprint density at radius 1 is 1.08 bits per heavy atom. The Bertz CT molecular complexity index is 1190. The Balaban J connectivity index is 1.65. The van der Waals surface area contributed by atoms with Crippen molar-refractivity contribution in [3.8, 4) is 5.75 Å². The highest BCUT2D eigenvalue weighted by atomic mass is 32.2. The second kappa shape index (κ2) is 12.6. The maximum atomic E-state index is 13.3. The minimum Gasteiger partial charge on any atom is -0.489 e. The molecule has 2 aromatic carbocycles. The highest BCUT2D eigenvalue weighted by molar-refractivity contribution is 7.99. The lowest BCUT2D eigenvalue weighted by Crippen LogP contribution is -2.29. The van der Waals surface area contributed by atoms with E-state index in [-0.39, 0.29) is 5.97 Å². The van der Waals surface area contributed by atoms with E-state index in [1.54, 1.807) is 16.4 Å². The molecule has 1 N–H and O–H groups in total. The normalized spacial score (nSPS) is 14.8. The molecule has 36 heavy (non-hydrogen) atoms. The Kier molecular flexibility index (Phi) is 9.06. The summed E-state index contributed by atoms with van der Waals surface area (Å²) in [5.41, 5.74) is 3.24. The van der Waals surface area contributed by atoms with Crippen LogP contribution in [0.25, 0.3) is 0 Å². The van der Waals surface area contributed by atoms with Gasteiger partial charge in [0.05, 0.1) is 12.2 Å². The molecule has 0 radical (unpaired) electrons. The van der Waals surface area contributed by atoms with Gasteiger partial charge >= 0.3 is 5.97 Å². The van der Waals surface area contributed by atoms with Crippen LogP contribution in [0, 0.1) is 0 Å². The summed E-state index contributed by atoms with van der Waals surface area (Å²) >= 11 is 1.63. The van der Waals surface area contributed by atoms with Gasteiger partial charge in [-0.15, -0.1) is 5.10 Å². The molecular formula is C28H34N4O3S. The Hall–Kier alpha value is -3.26. The summed E-state index contributed by atoms with van der Waals surface area (Å²) in [6.07, 6.45) is 4.00. The first-order valence-electron chi connectivity index (χ1n) is 12.6. The fourth-order valence-electron chi connectivity index (χ4n) is 3.98. The Labute approximate surface area is 217 Å². The monoisotopic (exact) mass is 506 g/mol. The molecule has 0 bridgehead atoms. The number of carbonyl (C=O) groups is 1. The molecule has 0 fully saturated rings. The molecule has 1 aliphatic rings. The largest absolute Gasteiger partial charge is 0.489 e. The van der Waals surface area contributed by atoms with Gasteiger partial charge in [-0.2, -0.15) is 4.98 Å². The van der Waals surface area contributed by atoms with Gasteiger partial charge in [-0.1, -0.05) is 80.9 Å². The second-order valence-electron chi connectivity index (χ2n) is 8.77. The van der Waals surface area contributed by atoms with Gasteiger partial charge in [-0.05, 0) is 43.0 Å². The predicted molar refractivity (Wildman–Crippen MR) is 143 cm³/mol. The van der Waals surface area contributed by atoms with Gasteiger partial charge in [0.15, 0.2) is 0 Å². The minimum atomic E-state index is -0.469. The molecule has 3 aromatic rings. The van der Waals surface area contributed by atoms with Crippen molar-refractivity contribution < 1.29 is 14.3 Å². The summed E-state index contributed by atoms with van der Waals surface area (Å²) < 4.78 is 13.5. The zero-order valence-electron chi connectivity index (χ0n) is 21.2. The van der Waals surface area contributed by atoms with Crippen LogP contribution in [0.3, 0.4) is 0 Å². The van der Waals surface area contributed by atoms with E-state index in [9.17, 15) is 4.79 Å². The number of fused-ring (bicyclic) bond motifs is 1. The number of hydrogen-bond acceptors (Lipinski definition) is 7. The summed E-state index contributed by atoms with van der Waals surface area (Å²) in [7, 11) is 0. The molecule has 1 aromatic heterocycles. The molecular weight excluding hydrogens is 472 g/mol. The SMILES string of the molecule is CCCCOC(=O)C1=C(C)Nc2nc(SCCCC)nn2C1c1cccc(OCc2ccccc2)c1. The van der Waals surface area contributed by atoms with Crippen LogP contribution >= 0.6 is 11.8 Å². The number of nitrogens with zero attached hydrogens (tertiary/aromatic N) is 3. The van der Waals surface area contributed by atoms with Gasteiger partial charge in [-0.3, -0.25) is 0 Å². The van der Waals surface area contributed by atoms with E-state index in [1.165, 1.54) is 0 Å². The van der Waals surface area contributed by atoms with E-state index < -0.39 is 6.04 Å². The van der Waals surface area contributed by atoms with Crippen LogP contribution in [-0.2, 0) is 16.1 Å². The quantitative estimate of drug-likeness (QED) is 0.173. The molecule has 190 valence electrons. The summed E-state index contributed by atoms with van der Waals surface area (Å²) in [4.78, 5) is 18.0. The first kappa shape index (κ1) is 25.8. The molecule has 1 aliphatic heterocycles. The number of thioether (sulfide) groups is 1. The lowest BCUT2D eigenvalue weighted by Gasteiger charge is -2.28. The summed E-state index contributed by atoms with van der Waals surface area (Å²) in [5, 5.41) is 8.76. The van der Waals surface area contributed by atoms with Crippen molar-refractivity contribution in [2.45, 2.75) is 64.3 Å². The maximum absolute atomic E-state index is 13.3. The third-order valence-electron chi connectivity index (χ3n) is 5.94. The van der Waals surface area contributed by atoms with Gasteiger partial charge in [0, 0.05) is 11.4 Å². The summed E-state index contributed by atoms with van der Waals surface area (Å²) in [6, 6.07) is 17.4. The van der Waals surface area contributed by atoms with Gasteiger partial charge < -0.3 is 14.8 Å². The molecule has 0 saturated carbocycles. The van der Waals surface area contributed by atoms with Gasteiger partial charge in [-0.25, -0.2) is 9.48 Å². The van der Waals surface area contributed by atoms with Crippen molar-refractivity contribution in [3.63, 3.8) is 0 Å². The number of aromatic nitrogens is 3. The van der Waals surface area contributed by atoms with E-state index in [1.807, 2.05) is 61.5 Å². The fourth-order valence-corrected chi connectivity index (χ4v) is 4.89. The lowest BCUT2D eigenvalue weighted by molar-refractivity contribution is -0.139. The number of hydrogen-bond donors (Lipinski definition) is 1.